The van der Waals surface area contributed by atoms with Crippen molar-refractivity contribution >= 4 is 51.5 Å². The maximum atomic E-state index is 12.2. The molecule has 1 aromatic heterocycles. The van der Waals surface area contributed by atoms with Crippen molar-refractivity contribution in [2.45, 2.75) is 18.2 Å². The lowest BCUT2D eigenvalue weighted by Crippen LogP contribution is -2.14. The van der Waals surface area contributed by atoms with Gasteiger partial charge in [-0.05, 0) is 55.3 Å². The van der Waals surface area contributed by atoms with Crippen molar-refractivity contribution in [1.29, 1.82) is 0 Å². The highest BCUT2D eigenvalue weighted by molar-refractivity contribution is 8.01. The van der Waals surface area contributed by atoms with Crippen LogP contribution in [0.3, 0.4) is 0 Å². The Balaban J connectivity index is 1.53. The lowest BCUT2D eigenvalue weighted by molar-refractivity contribution is -0.113. The molecule has 0 saturated heterocycles. The van der Waals surface area contributed by atoms with E-state index in [2.05, 4.69) is 45.5 Å². The molecular weight excluding hydrogens is 408 g/mol. The molecule has 0 radical (unpaired) electrons. The van der Waals surface area contributed by atoms with E-state index in [1.807, 2.05) is 12.1 Å². The Morgan fingerprint density at radius 3 is 2.66 bits per heavy atom. The molecule has 0 spiro atoms. The van der Waals surface area contributed by atoms with Gasteiger partial charge in [0.1, 0.15) is 0 Å². The van der Waals surface area contributed by atoms with Crippen LogP contribution >= 0.6 is 23.1 Å². The summed E-state index contributed by atoms with van der Waals surface area (Å²) in [6, 6.07) is 12.7. The highest BCUT2D eigenvalue weighted by Gasteiger charge is 2.11. The topological polar surface area (TPSA) is 93.2 Å². The second-order valence-electron chi connectivity index (χ2n) is 6.21. The predicted octanol–water partition coefficient (Wildman–Crippen LogP) is 4.42. The van der Waals surface area contributed by atoms with Crippen LogP contribution in [0.5, 0.6) is 0 Å². The summed E-state index contributed by atoms with van der Waals surface area (Å²) in [4.78, 5) is 23.8. The fourth-order valence-corrected chi connectivity index (χ4v) is 4.00. The largest absolute Gasteiger partial charge is 0.465 e. The molecular formula is C20H20N4O3S2. The maximum Gasteiger partial charge on any atom is 0.337 e. The van der Waals surface area contributed by atoms with Crippen molar-refractivity contribution in [2.75, 3.05) is 23.5 Å². The molecule has 0 aliphatic heterocycles. The lowest BCUT2D eigenvalue weighted by atomic mass is 10.1. The van der Waals surface area contributed by atoms with Gasteiger partial charge < -0.3 is 15.4 Å². The minimum Gasteiger partial charge on any atom is -0.465 e. The molecule has 2 N–H and O–H groups in total. The SMILES string of the molecule is COC(=O)c1cccc(NC(=O)CSc2nnc(Nc3ccc(C)c(C)c3)s2)c1. The standard InChI is InChI=1S/C20H20N4O3S2/c1-12-7-8-16(9-13(12)2)22-19-23-24-20(29-19)28-11-17(25)21-15-6-4-5-14(10-15)18(26)27-3/h4-10H,11H2,1-3H3,(H,21,25)(H,22,23). The highest BCUT2D eigenvalue weighted by atomic mass is 32.2. The Morgan fingerprint density at radius 2 is 1.90 bits per heavy atom. The van der Waals surface area contributed by atoms with Gasteiger partial charge >= 0.3 is 5.97 Å². The van der Waals surface area contributed by atoms with Crippen molar-refractivity contribution in [3.8, 4) is 0 Å². The van der Waals surface area contributed by atoms with Crippen LogP contribution < -0.4 is 10.6 Å². The van der Waals surface area contributed by atoms with Gasteiger partial charge in [0.25, 0.3) is 0 Å². The first-order chi connectivity index (χ1) is 13.9. The number of aromatic nitrogens is 2. The zero-order valence-corrected chi connectivity index (χ0v) is 17.8. The minimum atomic E-state index is -0.451. The molecule has 1 heterocycles. The summed E-state index contributed by atoms with van der Waals surface area (Å²) >= 11 is 2.68. The van der Waals surface area contributed by atoms with Crippen molar-refractivity contribution in [3.05, 3.63) is 59.2 Å². The van der Waals surface area contributed by atoms with E-state index in [-0.39, 0.29) is 11.7 Å². The third-order valence-corrected chi connectivity index (χ3v) is 6.03. The number of carbonyl (C=O) groups is 2. The molecule has 7 nitrogen and oxygen atoms in total. The molecule has 9 heteroatoms. The summed E-state index contributed by atoms with van der Waals surface area (Å²) in [6.45, 7) is 4.12. The van der Waals surface area contributed by atoms with Crippen LogP contribution in [0, 0.1) is 13.8 Å². The van der Waals surface area contributed by atoms with Gasteiger partial charge in [-0.3, -0.25) is 4.79 Å². The van der Waals surface area contributed by atoms with Crippen molar-refractivity contribution in [3.63, 3.8) is 0 Å². The molecule has 29 heavy (non-hydrogen) atoms. The van der Waals surface area contributed by atoms with E-state index in [0.29, 0.717) is 20.7 Å². The average molecular weight is 429 g/mol. The first-order valence-electron chi connectivity index (χ1n) is 8.73. The Kier molecular flexibility index (Phi) is 6.84. The van der Waals surface area contributed by atoms with Crippen molar-refractivity contribution in [2.24, 2.45) is 0 Å². The summed E-state index contributed by atoms with van der Waals surface area (Å²) in [7, 11) is 1.31. The number of nitrogens with one attached hydrogen (secondary N) is 2. The second kappa shape index (κ2) is 9.53. The zero-order valence-electron chi connectivity index (χ0n) is 16.2. The third-order valence-electron chi connectivity index (χ3n) is 4.06. The molecule has 0 bridgehead atoms. The van der Waals surface area contributed by atoms with Crippen LogP contribution in [0.25, 0.3) is 0 Å². The van der Waals surface area contributed by atoms with E-state index in [4.69, 9.17) is 0 Å². The fraction of sp³-hybridized carbons (Fsp3) is 0.200. The number of rotatable bonds is 7. The van der Waals surface area contributed by atoms with Crippen molar-refractivity contribution in [1.82, 2.24) is 10.2 Å². The van der Waals surface area contributed by atoms with E-state index >= 15 is 0 Å². The molecule has 0 atom stereocenters. The molecule has 3 aromatic rings. The Morgan fingerprint density at radius 1 is 1.07 bits per heavy atom. The van der Waals surface area contributed by atoms with Gasteiger partial charge in [0, 0.05) is 11.4 Å². The minimum absolute atomic E-state index is 0.181. The first-order valence-corrected chi connectivity index (χ1v) is 10.5. The van der Waals surface area contributed by atoms with Gasteiger partial charge in [-0.2, -0.15) is 0 Å². The van der Waals surface area contributed by atoms with E-state index in [1.54, 1.807) is 24.3 Å². The smallest absolute Gasteiger partial charge is 0.337 e. The molecule has 1 amide bonds. The summed E-state index contributed by atoms with van der Waals surface area (Å²) in [6.07, 6.45) is 0. The molecule has 0 fully saturated rings. The number of ether oxygens (including phenoxy) is 1. The molecule has 3 rings (SSSR count). The Bertz CT molecular complexity index is 1040. The van der Waals surface area contributed by atoms with Gasteiger partial charge in [0.05, 0.1) is 18.4 Å². The number of hydrogen-bond donors (Lipinski definition) is 2. The van der Waals surface area contributed by atoms with Gasteiger partial charge in [0.2, 0.25) is 11.0 Å². The predicted molar refractivity (Wildman–Crippen MR) is 116 cm³/mol. The number of anilines is 3. The summed E-state index contributed by atoms with van der Waals surface area (Å²) in [5.41, 5.74) is 4.29. The summed E-state index contributed by atoms with van der Waals surface area (Å²) in [5, 5.41) is 14.9. The molecule has 0 aliphatic carbocycles. The van der Waals surface area contributed by atoms with E-state index in [9.17, 15) is 9.59 Å². The number of nitrogens with zero attached hydrogens (tertiary/aromatic N) is 2. The van der Waals surface area contributed by atoms with Crippen LogP contribution in [-0.4, -0.2) is 34.9 Å². The van der Waals surface area contributed by atoms with E-state index in [1.165, 1.54) is 41.3 Å². The number of hydrogen-bond acceptors (Lipinski definition) is 8. The fourth-order valence-electron chi connectivity index (χ4n) is 2.43. The highest BCUT2D eigenvalue weighted by Crippen LogP contribution is 2.28. The van der Waals surface area contributed by atoms with E-state index < -0.39 is 5.97 Å². The van der Waals surface area contributed by atoms with Crippen LogP contribution in [0.2, 0.25) is 0 Å². The van der Waals surface area contributed by atoms with E-state index in [0.717, 1.165) is 5.69 Å². The maximum absolute atomic E-state index is 12.2. The average Bonchev–Trinajstić information content (AvgIpc) is 3.16. The van der Waals surface area contributed by atoms with Gasteiger partial charge in [-0.15, -0.1) is 10.2 Å². The lowest BCUT2D eigenvalue weighted by Gasteiger charge is -2.06. The second-order valence-corrected chi connectivity index (χ2v) is 8.41. The molecule has 150 valence electrons. The number of carbonyl (C=O) groups excluding carboxylic acids is 2. The van der Waals surface area contributed by atoms with Crippen LogP contribution in [-0.2, 0) is 9.53 Å². The first kappa shape index (κ1) is 20.8. The zero-order chi connectivity index (χ0) is 20.8. The molecule has 0 aliphatic rings. The van der Waals surface area contributed by atoms with Gasteiger partial charge in [-0.1, -0.05) is 35.2 Å². The third kappa shape index (κ3) is 5.78. The van der Waals surface area contributed by atoms with Crippen LogP contribution in [0.4, 0.5) is 16.5 Å². The number of esters is 1. The number of benzene rings is 2. The van der Waals surface area contributed by atoms with Gasteiger partial charge in [-0.25, -0.2) is 4.79 Å². The van der Waals surface area contributed by atoms with Crippen molar-refractivity contribution < 1.29 is 14.3 Å². The number of thioether (sulfide) groups is 1. The summed E-state index contributed by atoms with van der Waals surface area (Å²) in [5.74, 6) is -0.468. The summed E-state index contributed by atoms with van der Waals surface area (Å²) < 4.78 is 5.37. The number of amides is 1. The molecule has 0 saturated carbocycles. The molecule has 2 aromatic carbocycles. The van der Waals surface area contributed by atoms with Crippen LogP contribution in [0.15, 0.2) is 46.8 Å². The monoisotopic (exact) mass is 428 g/mol. The van der Waals surface area contributed by atoms with Gasteiger partial charge in [0.15, 0.2) is 4.34 Å². The number of methoxy groups -OCH3 is 1. The number of aryl methyl sites for hydroxylation is 2. The molecule has 0 unspecified atom stereocenters. The quantitative estimate of drug-likeness (QED) is 0.425. The van der Waals surface area contributed by atoms with Crippen LogP contribution in [0.1, 0.15) is 21.5 Å². The normalized spacial score (nSPS) is 10.4. The Labute approximate surface area is 176 Å². The Hall–Kier alpha value is -2.91.